The maximum atomic E-state index is 11.4. The van der Waals surface area contributed by atoms with Crippen molar-refractivity contribution < 1.29 is 4.79 Å². The quantitative estimate of drug-likeness (QED) is 0.556. The summed E-state index contributed by atoms with van der Waals surface area (Å²) in [5.74, 6) is 0. The third-order valence-electron chi connectivity index (χ3n) is 2.72. The summed E-state index contributed by atoms with van der Waals surface area (Å²) in [7, 11) is 3.88. The topological polar surface area (TPSA) is 56.4 Å². The van der Waals surface area contributed by atoms with Gasteiger partial charge in [0.15, 0.2) is 0 Å². The fourth-order valence-electron chi connectivity index (χ4n) is 2.15. The van der Waals surface area contributed by atoms with Crippen molar-refractivity contribution in [1.82, 2.24) is 20.9 Å². The van der Waals surface area contributed by atoms with Crippen LogP contribution in [0.15, 0.2) is 0 Å². The predicted molar refractivity (Wildman–Crippen MR) is 60.9 cm³/mol. The van der Waals surface area contributed by atoms with Gasteiger partial charge in [-0.15, -0.1) is 0 Å². The normalized spacial score (nSPS) is 17.0. The van der Waals surface area contributed by atoms with Crippen molar-refractivity contribution in [2.75, 3.05) is 46.8 Å². The van der Waals surface area contributed by atoms with Crippen LogP contribution in [-0.4, -0.2) is 57.8 Å². The van der Waals surface area contributed by atoms with Crippen molar-refractivity contribution in [1.29, 1.82) is 0 Å². The third-order valence-corrected chi connectivity index (χ3v) is 2.72. The van der Waals surface area contributed by atoms with Crippen molar-refractivity contribution in [2.24, 2.45) is 5.41 Å². The highest BCUT2D eigenvalue weighted by Crippen LogP contribution is 2.17. The number of nitrogens with one attached hydrogen (secondary N) is 3. The van der Waals surface area contributed by atoms with E-state index in [2.05, 4.69) is 22.9 Å². The molecule has 1 saturated heterocycles. The number of urea groups is 1. The van der Waals surface area contributed by atoms with Gasteiger partial charge in [-0.05, 0) is 14.1 Å². The molecule has 0 aromatic rings. The second-order valence-electron chi connectivity index (χ2n) is 4.52. The van der Waals surface area contributed by atoms with Crippen molar-refractivity contribution in [2.45, 2.75) is 6.92 Å². The lowest BCUT2D eigenvalue weighted by Crippen LogP contribution is -2.47. The highest BCUT2D eigenvalue weighted by Gasteiger charge is 2.30. The van der Waals surface area contributed by atoms with Crippen molar-refractivity contribution in [3.05, 3.63) is 0 Å². The number of carbonyl (C=O) groups excluding carboxylic acids is 1. The molecule has 0 atom stereocenters. The van der Waals surface area contributed by atoms with E-state index in [0.29, 0.717) is 0 Å². The number of carbonyl (C=O) groups is 1. The molecule has 2 amide bonds. The Morgan fingerprint density at radius 3 is 2.40 bits per heavy atom. The zero-order valence-corrected chi connectivity index (χ0v) is 9.89. The monoisotopic (exact) mass is 214 g/mol. The number of amides is 2. The molecule has 0 aliphatic carbocycles. The van der Waals surface area contributed by atoms with Crippen LogP contribution in [0.5, 0.6) is 0 Å². The highest BCUT2D eigenvalue weighted by atomic mass is 16.2. The SMILES string of the molecule is CNCC(C)(CNC)CN1CCNC1=O. The van der Waals surface area contributed by atoms with E-state index in [1.807, 2.05) is 19.0 Å². The molecule has 5 nitrogen and oxygen atoms in total. The molecular weight excluding hydrogens is 192 g/mol. The summed E-state index contributed by atoms with van der Waals surface area (Å²) in [6, 6.07) is 0.0634. The Balaban J connectivity index is 2.52. The van der Waals surface area contributed by atoms with Gasteiger partial charge >= 0.3 is 6.03 Å². The molecule has 1 aliphatic rings. The lowest BCUT2D eigenvalue weighted by Gasteiger charge is -2.33. The van der Waals surface area contributed by atoms with Gasteiger partial charge in [0, 0.05) is 38.1 Å². The molecule has 1 aliphatic heterocycles. The van der Waals surface area contributed by atoms with E-state index in [4.69, 9.17) is 0 Å². The number of rotatable bonds is 6. The minimum Gasteiger partial charge on any atom is -0.336 e. The minimum atomic E-state index is 0.0634. The van der Waals surface area contributed by atoms with Gasteiger partial charge in [0.25, 0.3) is 0 Å². The summed E-state index contributed by atoms with van der Waals surface area (Å²) in [6.07, 6.45) is 0. The maximum absolute atomic E-state index is 11.4. The van der Waals surface area contributed by atoms with E-state index in [-0.39, 0.29) is 11.4 Å². The standard InChI is InChI=1S/C10H22N4O/c1-10(6-11-2,7-12-3)8-14-5-4-13-9(14)15/h11-12H,4-8H2,1-3H3,(H,13,15). The Kier molecular flexibility index (Phi) is 4.35. The molecule has 15 heavy (non-hydrogen) atoms. The van der Waals surface area contributed by atoms with E-state index in [0.717, 1.165) is 32.7 Å². The molecule has 1 fully saturated rings. The summed E-state index contributed by atoms with van der Waals surface area (Å²) in [4.78, 5) is 13.3. The van der Waals surface area contributed by atoms with Gasteiger partial charge in [0.1, 0.15) is 0 Å². The van der Waals surface area contributed by atoms with Crippen LogP contribution < -0.4 is 16.0 Å². The average molecular weight is 214 g/mol. The summed E-state index contributed by atoms with van der Waals surface area (Å²) in [5, 5.41) is 9.19. The Labute approximate surface area is 91.6 Å². The predicted octanol–water partition coefficient (Wildman–Crippen LogP) is -0.543. The lowest BCUT2D eigenvalue weighted by atomic mass is 9.89. The Hall–Kier alpha value is -0.810. The van der Waals surface area contributed by atoms with Crippen molar-refractivity contribution in [3.8, 4) is 0 Å². The number of nitrogens with zero attached hydrogens (tertiary/aromatic N) is 1. The van der Waals surface area contributed by atoms with Gasteiger partial charge in [0.05, 0.1) is 0 Å². The maximum Gasteiger partial charge on any atom is 0.317 e. The molecule has 0 unspecified atom stereocenters. The molecular formula is C10H22N4O. The van der Waals surface area contributed by atoms with Gasteiger partial charge in [-0.2, -0.15) is 0 Å². The summed E-state index contributed by atoms with van der Waals surface area (Å²) < 4.78 is 0. The first-order valence-corrected chi connectivity index (χ1v) is 5.43. The van der Waals surface area contributed by atoms with Crippen LogP contribution >= 0.6 is 0 Å². The molecule has 0 bridgehead atoms. The molecule has 3 N–H and O–H groups in total. The Morgan fingerprint density at radius 2 is 2.00 bits per heavy atom. The van der Waals surface area contributed by atoms with Gasteiger partial charge in [-0.25, -0.2) is 4.79 Å². The molecule has 0 aromatic carbocycles. The first-order valence-electron chi connectivity index (χ1n) is 5.43. The lowest BCUT2D eigenvalue weighted by molar-refractivity contribution is 0.178. The molecule has 0 spiro atoms. The molecule has 0 aromatic heterocycles. The van der Waals surface area contributed by atoms with E-state index < -0.39 is 0 Å². The first-order chi connectivity index (χ1) is 7.11. The zero-order valence-electron chi connectivity index (χ0n) is 9.89. The van der Waals surface area contributed by atoms with Crippen molar-refractivity contribution >= 4 is 6.03 Å². The Morgan fingerprint density at radius 1 is 1.40 bits per heavy atom. The summed E-state index contributed by atoms with van der Waals surface area (Å²) >= 11 is 0. The molecule has 1 rings (SSSR count). The smallest absolute Gasteiger partial charge is 0.317 e. The van der Waals surface area contributed by atoms with Gasteiger partial charge in [0.2, 0.25) is 0 Å². The fraction of sp³-hybridized carbons (Fsp3) is 0.900. The van der Waals surface area contributed by atoms with E-state index >= 15 is 0 Å². The first kappa shape index (κ1) is 12.3. The highest BCUT2D eigenvalue weighted by molar-refractivity contribution is 5.76. The number of hydrogen-bond acceptors (Lipinski definition) is 3. The van der Waals surface area contributed by atoms with Crippen molar-refractivity contribution in [3.63, 3.8) is 0 Å². The molecule has 0 radical (unpaired) electrons. The van der Waals surface area contributed by atoms with Gasteiger partial charge in [-0.3, -0.25) is 0 Å². The number of hydrogen-bond donors (Lipinski definition) is 3. The average Bonchev–Trinajstić information content (AvgIpc) is 2.52. The molecule has 1 heterocycles. The van der Waals surface area contributed by atoms with E-state index in [1.165, 1.54) is 0 Å². The van der Waals surface area contributed by atoms with E-state index in [1.54, 1.807) is 0 Å². The summed E-state index contributed by atoms with van der Waals surface area (Å²) in [6.45, 7) is 6.37. The van der Waals surface area contributed by atoms with Crippen LogP contribution in [0.25, 0.3) is 0 Å². The second-order valence-corrected chi connectivity index (χ2v) is 4.52. The van der Waals surface area contributed by atoms with Crippen LogP contribution in [0.1, 0.15) is 6.92 Å². The van der Waals surface area contributed by atoms with Crippen LogP contribution in [0.4, 0.5) is 4.79 Å². The molecule has 88 valence electrons. The van der Waals surface area contributed by atoms with Crippen LogP contribution in [0, 0.1) is 5.41 Å². The van der Waals surface area contributed by atoms with Gasteiger partial charge in [-0.1, -0.05) is 6.92 Å². The molecule has 5 heteroatoms. The van der Waals surface area contributed by atoms with Crippen LogP contribution in [0.3, 0.4) is 0 Å². The molecule has 0 saturated carbocycles. The van der Waals surface area contributed by atoms with Gasteiger partial charge < -0.3 is 20.9 Å². The third kappa shape index (κ3) is 3.35. The summed E-state index contributed by atoms with van der Waals surface area (Å²) in [5.41, 5.74) is 0.0885. The zero-order chi connectivity index (χ0) is 11.3. The fourth-order valence-corrected chi connectivity index (χ4v) is 2.15. The van der Waals surface area contributed by atoms with Crippen LogP contribution in [-0.2, 0) is 0 Å². The second kappa shape index (κ2) is 5.32. The minimum absolute atomic E-state index is 0.0634. The van der Waals surface area contributed by atoms with E-state index in [9.17, 15) is 4.79 Å². The Bertz CT molecular complexity index is 213. The largest absolute Gasteiger partial charge is 0.336 e. The van der Waals surface area contributed by atoms with Crippen LogP contribution in [0.2, 0.25) is 0 Å².